The van der Waals surface area contributed by atoms with E-state index in [2.05, 4.69) is 6.92 Å². The molecule has 0 amide bonds. The van der Waals surface area contributed by atoms with Gasteiger partial charge in [-0.2, -0.15) is 0 Å². The first-order valence-corrected chi connectivity index (χ1v) is 5.10. The first-order chi connectivity index (χ1) is 6.50. The van der Waals surface area contributed by atoms with E-state index in [1.54, 1.807) is 0 Å². The summed E-state index contributed by atoms with van der Waals surface area (Å²) in [5.41, 5.74) is 0. The molecule has 0 aromatic carbocycles. The van der Waals surface area contributed by atoms with Crippen LogP contribution in [0.25, 0.3) is 0 Å². The molecule has 4 heteroatoms. The molecule has 0 fully saturated rings. The van der Waals surface area contributed by atoms with Gasteiger partial charge in [0.2, 0.25) is 0 Å². The van der Waals surface area contributed by atoms with E-state index in [1.165, 1.54) is 0 Å². The molecule has 2 nitrogen and oxygen atoms in total. The van der Waals surface area contributed by atoms with Crippen molar-refractivity contribution in [3.63, 3.8) is 0 Å². The molecule has 0 spiro atoms. The summed E-state index contributed by atoms with van der Waals surface area (Å²) in [5.74, 6) is -5.91. The molecule has 0 aliphatic rings. The van der Waals surface area contributed by atoms with Crippen LogP contribution in [0.5, 0.6) is 0 Å². The van der Waals surface area contributed by atoms with Gasteiger partial charge >= 0.3 is 0 Å². The van der Waals surface area contributed by atoms with E-state index in [-0.39, 0.29) is 6.42 Å². The van der Waals surface area contributed by atoms with Crippen molar-refractivity contribution in [2.75, 3.05) is 0 Å². The van der Waals surface area contributed by atoms with Crippen LogP contribution in [-0.2, 0) is 4.79 Å². The van der Waals surface area contributed by atoms with Gasteiger partial charge in [-0.1, -0.05) is 39.0 Å². The quantitative estimate of drug-likeness (QED) is 0.572. The number of hydrogen-bond donors (Lipinski definition) is 0. The van der Waals surface area contributed by atoms with E-state index in [9.17, 15) is 18.7 Å². The Morgan fingerprint density at radius 2 is 1.64 bits per heavy atom. The third-order valence-electron chi connectivity index (χ3n) is 2.14. The standard InChI is InChI=1S/C10H18F2O2/c1-2-3-4-5-6-7-8-10(11,12)9(13)14/h2-8H2,1H3,(H,13,14)/p-1. The van der Waals surface area contributed by atoms with Crippen molar-refractivity contribution in [3.05, 3.63) is 0 Å². The summed E-state index contributed by atoms with van der Waals surface area (Å²) in [7, 11) is 0. The van der Waals surface area contributed by atoms with Gasteiger partial charge in [-0.15, -0.1) is 0 Å². The summed E-state index contributed by atoms with van der Waals surface area (Å²) in [6.07, 6.45) is 4.48. The van der Waals surface area contributed by atoms with Crippen LogP contribution in [0.15, 0.2) is 0 Å². The van der Waals surface area contributed by atoms with Gasteiger partial charge in [0.25, 0.3) is 5.92 Å². The number of carbonyl (C=O) groups excluding carboxylic acids is 1. The van der Waals surface area contributed by atoms with E-state index < -0.39 is 18.3 Å². The molecule has 0 unspecified atom stereocenters. The molecule has 0 radical (unpaired) electrons. The zero-order chi connectivity index (χ0) is 11.0. The van der Waals surface area contributed by atoms with Crippen molar-refractivity contribution >= 4 is 5.97 Å². The van der Waals surface area contributed by atoms with E-state index in [0.29, 0.717) is 6.42 Å². The van der Waals surface area contributed by atoms with Gasteiger partial charge in [-0.05, 0) is 6.42 Å². The van der Waals surface area contributed by atoms with Gasteiger partial charge in [0.1, 0.15) is 5.97 Å². The van der Waals surface area contributed by atoms with Crippen molar-refractivity contribution in [3.8, 4) is 0 Å². The van der Waals surface area contributed by atoms with E-state index >= 15 is 0 Å². The molecule has 0 aromatic heterocycles. The van der Waals surface area contributed by atoms with Crippen LogP contribution in [-0.4, -0.2) is 11.9 Å². The largest absolute Gasteiger partial charge is 0.544 e. The van der Waals surface area contributed by atoms with Gasteiger partial charge < -0.3 is 9.90 Å². The Bertz CT molecular complexity index is 170. The molecule has 0 saturated carbocycles. The average Bonchev–Trinajstić information content (AvgIpc) is 2.10. The Kier molecular flexibility index (Phi) is 6.41. The molecule has 0 N–H and O–H groups in total. The Morgan fingerprint density at radius 1 is 1.14 bits per heavy atom. The predicted octanol–water partition coefficient (Wildman–Crippen LogP) is 2.12. The van der Waals surface area contributed by atoms with Crippen molar-refractivity contribution in [2.24, 2.45) is 0 Å². The maximum absolute atomic E-state index is 12.5. The van der Waals surface area contributed by atoms with E-state index in [1.807, 2.05) is 0 Å². The fourth-order valence-electron chi connectivity index (χ4n) is 1.23. The fourth-order valence-corrected chi connectivity index (χ4v) is 1.23. The lowest BCUT2D eigenvalue weighted by Gasteiger charge is -2.16. The van der Waals surface area contributed by atoms with E-state index in [0.717, 1.165) is 25.7 Å². The number of aliphatic carboxylic acids is 1. The van der Waals surface area contributed by atoms with Crippen LogP contribution in [0.1, 0.15) is 51.9 Å². The second-order valence-electron chi connectivity index (χ2n) is 3.51. The molecule has 0 bridgehead atoms. The molecule has 0 heterocycles. The normalized spacial score (nSPS) is 11.6. The molecular weight excluding hydrogens is 190 g/mol. The summed E-state index contributed by atoms with van der Waals surface area (Å²) < 4.78 is 24.9. The molecular formula is C10H17F2O2-. The van der Waals surface area contributed by atoms with Crippen LogP contribution >= 0.6 is 0 Å². The highest BCUT2D eigenvalue weighted by Gasteiger charge is 2.29. The Balaban J connectivity index is 3.40. The molecule has 0 aliphatic carbocycles. The predicted molar refractivity (Wildman–Crippen MR) is 47.9 cm³/mol. The van der Waals surface area contributed by atoms with Gasteiger partial charge in [-0.3, -0.25) is 0 Å². The molecule has 0 aromatic rings. The molecule has 0 atom stereocenters. The molecule has 14 heavy (non-hydrogen) atoms. The number of alkyl halides is 2. The first-order valence-electron chi connectivity index (χ1n) is 5.10. The fraction of sp³-hybridized carbons (Fsp3) is 0.900. The third kappa shape index (κ3) is 5.89. The second kappa shape index (κ2) is 6.74. The van der Waals surface area contributed by atoms with Crippen molar-refractivity contribution in [1.29, 1.82) is 0 Å². The summed E-state index contributed by atoms with van der Waals surface area (Å²) in [6.45, 7) is 2.07. The maximum atomic E-state index is 12.5. The number of rotatable bonds is 8. The molecule has 84 valence electrons. The van der Waals surface area contributed by atoms with E-state index in [4.69, 9.17) is 0 Å². The van der Waals surface area contributed by atoms with Crippen LogP contribution < -0.4 is 5.11 Å². The highest BCUT2D eigenvalue weighted by Crippen LogP contribution is 2.21. The Hall–Kier alpha value is -0.670. The number of halogens is 2. The molecule has 0 aliphatic heterocycles. The maximum Gasteiger partial charge on any atom is 0.287 e. The van der Waals surface area contributed by atoms with Crippen LogP contribution in [0.4, 0.5) is 8.78 Å². The number of hydrogen-bond acceptors (Lipinski definition) is 2. The zero-order valence-corrected chi connectivity index (χ0v) is 8.52. The third-order valence-corrected chi connectivity index (χ3v) is 2.14. The van der Waals surface area contributed by atoms with Crippen molar-refractivity contribution < 1.29 is 18.7 Å². The number of carboxylic acids is 1. The number of unbranched alkanes of at least 4 members (excludes halogenated alkanes) is 5. The minimum atomic E-state index is -3.65. The van der Waals surface area contributed by atoms with Crippen molar-refractivity contribution in [2.45, 2.75) is 57.8 Å². The topological polar surface area (TPSA) is 40.1 Å². The van der Waals surface area contributed by atoms with Crippen LogP contribution in [0, 0.1) is 0 Å². The lowest BCUT2D eigenvalue weighted by Crippen LogP contribution is -2.41. The second-order valence-corrected chi connectivity index (χ2v) is 3.51. The summed E-state index contributed by atoms with van der Waals surface area (Å²) in [4.78, 5) is 9.93. The SMILES string of the molecule is CCCCCCCCC(F)(F)C(=O)[O-]. The van der Waals surface area contributed by atoms with Crippen LogP contribution in [0.2, 0.25) is 0 Å². The summed E-state index contributed by atoms with van der Waals surface area (Å²) >= 11 is 0. The first kappa shape index (κ1) is 13.3. The van der Waals surface area contributed by atoms with Gasteiger partial charge in [0.15, 0.2) is 0 Å². The Labute approximate surface area is 83.3 Å². The summed E-state index contributed by atoms with van der Waals surface area (Å²) in [5, 5.41) is 9.93. The monoisotopic (exact) mass is 207 g/mol. The van der Waals surface area contributed by atoms with Gasteiger partial charge in [0, 0.05) is 6.42 Å². The van der Waals surface area contributed by atoms with Gasteiger partial charge in [-0.25, -0.2) is 8.78 Å². The lowest BCUT2D eigenvalue weighted by molar-refractivity contribution is -0.330. The molecule has 0 rings (SSSR count). The number of carboxylic acid groups (broad SMARTS) is 1. The minimum Gasteiger partial charge on any atom is -0.544 e. The number of carbonyl (C=O) groups is 1. The highest BCUT2D eigenvalue weighted by atomic mass is 19.3. The summed E-state index contributed by atoms with van der Waals surface area (Å²) in [6, 6.07) is 0. The van der Waals surface area contributed by atoms with Crippen LogP contribution in [0.3, 0.4) is 0 Å². The lowest BCUT2D eigenvalue weighted by atomic mass is 10.1. The Morgan fingerprint density at radius 3 is 2.14 bits per heavy atom. The zero-order valence-electron chi connectivity index (χ0n) is 8.52. The van der Waals surface area contributed by atoms with Gasteiger partial charge in [0.05, 0.1) is 0 Å². The highest BCUT2D eigenvalue weighted by molar-refractivity contribution is 5.72. The average molecular weight is 207 g/mol. The minimum absolute atomic E-state index is 0.255. The van der Waals surface area contributed by atoms with Crippen molar-refractivity contribution in [1.82, 2.24) is 0 Å². The smallest absolute Gasteiger partial charge is 0.287 e. The molecule has 0 saturated heterocycles.